The number of aromatic nitrogens is 1. The van der Waals surface area contributed by atoms with E-state index in [9.17, 15) is 4.79 Å². The smallest absolute Gasteiger partial charge is 0.217 e. The third kappa shape index (κ3) is 4.82. The highest BCUT2D eigenvalue weighted by Crippen LogP contribution is 1.92. The zero-order chi connectivity index (χ0) is 8.97. The standard InChI is InChI=1S/C9H12N2O.HI/c1-8(12)10-7-9-3-5-11(2)6-4-9;/h3-6H,7H2,1-2H3;1H. The maximum Gasteiger partial charge on any atom is 0.217 e. The van der Waals surface area contributed by atoms with Gasteiger partial charge in [0.1, 0.15) is 7.05 Å². The Morgan fingerprint density at radius 3 is 2.46 bits per heavy atom. The predicted octanol–water partition coefficient (Wildman–Crippen LogP) is -2.85. The lowest BCUT2D eigenvalue weighted by molar-refractivity contribution is -0.671. The summed E-state index contributed by atoms with van der Waals surface area (Å²) in [6.07, 6.45) is 3.91. The molecule has 1 N–H and O–H groups in total. The molecule has 1 aromatic heterocycles. The van der Waals surface area contributed by atoms with Crippen molar-refractivity contribution in [2.24, 2.45) is 7.05 Å². The molecule has 1 heterocycles. The number of amides is 1. The first kappa shape index (κ1) is 12.3. The number of carbonyl (C=O) groups excluding carboxylic acids is 1. The highest BCUT2D eigenvalue weighted by molar-refractivity contribution is 5.72. The molecular weight excluding hydrogens is 279 g/mol. The molecule has 0 aliphatic carbocycles. The second-order valence-electron chi connectivity index (χ2n) is 2.78. The van der Waals surface area contributed by atoms with Gasteiger partial charge in [0.05, 0.1) is 0 Å². The van der Waals surface area contributed by atoms with Gasteiger partial charge in [-0.05, 0) is 5.56 Å². The van der Waals surface area contributed by atoms with Gasteiger partial charge in [-0.1, -0.05) is 0 Å². The average molecular weight is 292 g/mol. The van der Waals surface area contributed by atoms with Crippen LogP contribution in [0.2, 0.25) is 0 Å². The number of nitrogens with one attached hydrogen (secondary N) is 1. The van der Waals surface area contributed by atoms with Crippen LogP contribution in [-0.2, 0) is 18.4 Å². The Morgan fingerprint density at radius 2 is 2.00 bits per heavy atom. The molecule has 3 nitrogen and oxygen atoms in total. The van der Waals surface area contributed by atoms with E-state index in [0.717, 1.165) is 5.56 Å². The molecule has 0 aliphatic heterocycles. The van der Waals surface area contributed by atoms with Gasteiger partial charge in [-0.3, -0.25) is 4.79 Å². The number of rotatable bonds is 2. The molecule has 0 unspecified atom stereocenters. The van der Waals surface area contributed by atoms with Crippen molar-refractivity contribution < 1.29 is 33.3 Å². The van der Waals surface area contributed by atoms with E-state index in [2.05, 4.69) is 5.32 Å². The Bertz CT molecular complexity index is 271. The van der Waals surface area contributed by atoms with E-state index in [1.807, 2.05) is 36.1 Å². The summed E-state index contributed by atoms with van der Waals surface area (Å²) in [6.45, 7) is 2.12. The molecule has 0 fully saturated rings. The van der Waals surface area contributed by atoms with E-state index in [4.69, 9.17) is 0 Å². The van der Waals surface area contributed by atoms with Gasteiger partial charge < -0.3 is 29.3 Å². The summed E-state index contributed by atoms with van der Waals surface area (Å²) in [7, 11) is 1.96. The molecule has 4 heteroatoms. The van der Waals surface area contributed by atoms with Gasteiger partial charge in [0.2, 0.25) is 5.91 Å². The minimum absolute atomic E-state index is 0. The van der Waals surface area contributed by atoms with Crippen molar-refractivity contribution in [3.8, 4) is 0 Å². The van der Waals surface area contributed by atoms with Crippen LogP contribution in [-0.4, -0.2) is 5.91 Å². The van der Waals surface area contributed by atoms with Crippen molar-refractivity contribution in [1.82, 2.24) is 5.32 Å². The first-order valence-electron chi connectivity index (χ1n) is 3.87. The average Bonchev–Trinajstić information content (AvgIpc) is 2.03. The molecule has 13 heavy (non-hydrogen) atoms. The number of carbonyl (C=O) groups is 1. The fraction of sp³-hybridized carbons (Fsp3) is 0.333. The van der Waals surface area contributed by atoms with Gasteiger partial charge in [-0.2, -0.15) is 0 Å². The minimum Gasteiger partial charge on any atom is -1.00 e. The third-order valence-corrected chi connectivity index (χ3v) is 1.59. The molecule has 1 rings (SSSR count). The van der Waals surface area contributed by atoms with Gasteiger partial charge >= 0.3 is 0 Å². The van der Waals surface area contributed by atoms with Crippen molar-refractivity contribution in [3.63, 3.8) is 0 Å². The number of nitrogens with zero attached hydrogens (tertiary/aromatic N) is 1. The van der Waals surface area contributed by atoms with Crippen LogP contribution in [0.5, 0.6) is 0 Å². The van der Waals surface area contributed by atoms with Crippen molar-refractivity contribution in [3.05, 3.63) is 30.1 Å². The van der Waals surface area contributed by atoms with Gasteiger partial charge in [0, 0.05) is 25.6 Å². The van der Waals surface area contributed by atoms with Gasteiger partial charge in [-0.15, -0.1) is 0 Å². The molecule has 1 amide bonds. The number of hydrogen-bond donors (Lipinski definition) is 1. The zero-order valence-corrected chi connectivity index (χ0v) is 9.91. The molecule has 0 aromatic carbocycles. The third-order valence-electron chi connectivity index (χ3n) is 1.59. The first-order valence-corrected chi connectivity index (χ1v) is 3.87. The quantitative estimate of drug-likeness (QED) is 0.462. The summed E-state index contributed by atoms with van der Waals surface area (Å²) in [5.41, 5.74) is 1.11. The van der Waals surface area contributed by atoms with Crippen molar-refractivity contribution in [2.75, 3.05) is 0 Å². The summed E-state index contributed by atoms with van der Waals surface area (Å²) in [5.74, 6) is 0.00299. The number of halogens is 1. The van der Waals surface area contributed by atoms with Gasteiger partial charge in [0.25, 0.3) is 0 Å². The Hall–Kier alpha value is -0.650. The summed E-state index contributed by atoms with van der Waals surface area (Å²) in [6, 6.07) is 3.96. The molecule has 1 aromatic rings. The van der Waals surface area contributed by atoms with Crippen molar-refractivity contribution in [1.29, 1.82) is 0 Å². The summed E-state index contributed by atoms with van der Waals surface area (Å²) in [4.78, 5) is 10.6. The van der Waals surface area contributed by atoms with Crippen LogP contribution in [0.4, 0.5) is 0 Å². The minimum atomic E-state index is 0. The fourth-order valence-corrected chi connectivity index (χ4v) is 0.876. The Balaban J connectivity index is 0.00000144. The van der Waals surface area contributed by atoms with E-state index in [-0.39, 0.29) is 29.9 Å². The maximum absolute atomic E-state index is 10.6. The van der Waals surface area contributed by atoms with E-state index in [1.165, 1.54) is 6.92 Å². The summed E-state index contributed by atoms with van der Waals surface area (Å²) < 4.78 is 1.96. The normalized spacial score (nSPS) is 8.77. The molecule has 0 aliphatic rings. The van der Waals surface area contributed by atoms with E-state index in [0.29, 0.717) is 6.54 Å². The first-order chi connectivity index (χ1) is 5.68. The highest BCUT2D eigenvalue weighted by Gasteiger charge is 1.96. The molecule has 0 atom stereocenters. The molecule has 0 radical (unpaired) electrons. The molecule has 0 saturated heterocycles. The molecular formula is C9H13IN2O. The van der Waals surface area contributed by atoms with E-state index >= 15 is 0 Å². The summed E-state index contributed by atoms with van der Waals surface area (Å²) >= 11 is 0. The van der Waals surface area contributed by atoms with E-state index < -0.39 is 0 Å². The van der Waals surface area contributed by atoms with Crippen LogP contribution < -0.4 is 33.9 Å². The Morgan fingerprint density at radius 1 is 1.46 bits per heavy atom. The topological polar surface area (TPSA) is 33.0 Å². The van der Waals surface area contributed by atoms with Crippen molar-refractivity contribution in [2.45, 2.75) is 13.5 Å². The zero-order valence-electron chi connectivity index (χ0n) is 7.75. The Labute approximate surface area is 95.2 Å². The highest BCUT2D eigenvalue weighted by atomic mass is 127. The van der Waals surface area contributed by atoms with Crippen LogP contribution in [0.1, 0.15) is 12.5 Å². The number of hydrogen-bond acceptors (Lipinski definition) is 1. The summed E-state index contributed by atoms with van der Waals surface area (Å²) in [5, 5.41) is 2.73. The second kappa shape index (κ2) is 5.90. The van der Waals surface area contributed by atoms with Crippen molar-refractivity contribution >= 4 is 5.91 Å². The number of aryl methyl sites for hydroxylation is 1. The van der Waals surface area contributed by atoms with Crippen LogP contribution in [0, 0.1) is 0 Å². The predicted molar refractivity (Wildman–Crippen MR) is 45.1 cm³/mol. The van der Waals surface area contributed by atoms with Crippen LogP contribution in [0.25, 0.3) is 0 Å². The molecule has 0 bridgehead atoms. The molecule has 0 spiro atoms. The van der Waals surface area contributed by atoms with E-state index in [1.54, 1.807) is 0 Å². The monoisotopic (exact) mass is 292 g/mol. The van der Waals surface area contributed by atoms with Crippen LogP contribution >= 0.6 is 0 Å². The maximum atomic E-state index is 10.6. The lowest BCUT2D eigenvalue weighted by Gasteiger charge is -1.99. The van der Waals surface area contributed by atoms with Gasteiger partial charge in [-0.25, -0.2) is 4.57 Å². The SMILES string of the molecule is CC(=O)NCc1cc[n+](C)cc1.[I-]. The lowest BCUT2D eigenvalue weighted by atomic mass is 10.3. The van der Waals surface area contributed by atoms with Crippen LogP contribution in [0.3, 0.4) is 0 Å². The Kier molecular flexibility index (Phi) is 5.61. The number of pyridine rings is 1. The van der Waals surface area contributed by atoms with Gasteiger partial charge in [0.15, 0.2) is 12.4 Å². The van der Waals surface area contributed by atoms with Crippen LogP contribution in [0.15, 0.2) is 24.5 Å². The largest absolute Gasteiger partial charge is 1.00 e. The lowest BCUT2D eigenvalue weighted by Crippen LogP contribution is -3.00. The second-order valence-corrected chi connectivity index (χ2v) is 2.78. The molecule has 72 valence electrons. The fourth-order valence-electron chi connectivity index (χ4n) is 0.876. The molecule has 0 saturated carbocycles.